The van der Waals surface area contributed by atoms with Crippen LogP contribution in [0.1, 0.15) is 88.9 Å². The van der Waals surface area contributed by atoms with Crippen molar-refractivity contribution in [3.63, 3.8) is 0 Å². The van der Waals surface area contributed by atoms with Crippen molar-refractivity contribution in [2.75, 3.05) is 0 Å². The number of benzene rings is 2. The van der Waals surface area contributed by atoms with Crippen molar-refractivity contribution in [2.45, 2.75) is 92.1 Å². The van der Waals surface area contributed by atoms with Crippen LogP contribution >= 0.6 is 0 Å². The summed E-state index contributed by atoms with van der Waals surface area (Å²) in [5.41, 5.74) is 3.26. The van der Waals surface area contributed by atoms with E-state index in [0.29, 0.717) is 28.7 Å². The van der Waals surface area contributed by atoms with E-state index >= 15 is 0 Å². The second-order valence-corrected chi connectivity index (χ2v) is 13.1. The molecule has 2 aromatic carbocycles. The molecule has 0 radical (unpaired) electrons. The predicted octanol–water partition coefficient (Wildman–Crippen LogP) is 5.60. The summed E-state index contributed by atoms with van der Waals surface area (Å²) >= 11 is 0. The van der Waals surface area contributed by atoms with E-state index in [2.05, 4.69) is 39.8 Å². The third-order valence-corrected chi connectivity index (χ3v) is 9.39. The molecule has 0 spiro atoms. The molecule has 0 atom stereocenters. The van der Waals surface area contributed by atoms with E-state index in [1.54, 1.807) is 12.1 Å². The van der Waals surface area contributed by atoms with Crippen LogP contribution in [0.15, 0.2) is 48.5 Å². The third-order valence-electron chi connectivity index (χ3n) is 9.39. The van der Waals surface area contributed by atoms with Crippen molar-refractivity contribution in [1.29, 1.82) is 0 Å². The molecule has 36 heavy (non-hydrogen) atoms. The quantitative estimate of drug-likeness (QED) is 0.378. The van der Waals surface area contributed by atoms with Crippen molar-refractivity contribution in [3.8, 4) is 0 Å². The maximum atomic E-state index is 12.8. The second kappa shape index (κ2) is 9.29. The fraction of sp³-hybridized carbons (Fsp3) is 0.533. The summed E-state index contributed by atoms with van der Waals surface area (Å²) in [5, 5.41) is 0. The zero-order valence-electron chi connectivity index (χ0n) is 23.2. The molecule has 2 aromatic rings. The van der Waals surface area contributed by atoms with Gasteiger partial charge in [-0.15, -0.1) is 0 Å². The standard InChI is InChI=1S/C30H40B2O4/c1-27(2)19-31(20-28(27,3)4)23-13-9-21(10-14-23)25(33)17-18-26(34)22-11-15-24(16-12-22)32-35-29(5,6)30(7,8)36-32/h9-16H,17-20H2,1-8H3. The number of Topliss-reactive ketones (excluding diaryl/α,β-unsaturated/α-hetero) is 2. The van der Waals surface area contributed by atoms with Crippen molar-refractivity contribution in [1.82, 2.24) is 0 Å². The van der Waals surface area contributed by atoms with Crippen LogP contribution in [0.4, 0.5) is 0 Å². The van der Waals surface area contributed by atoms with Crippen LogP contribution in [0.2, 0.25) is 12.6 Å². The Labute approximate surface area is 217 Å². The molecule has 2 heterocycles. The van der Waals surface area contributed by atoms with Crippen LogP contribution in [-0.2, 0) is 9.31 Å². The van der Waals surface area contributed by atoms with Crippen molar-refractivity contribution >= 4 is 36.3 Å². The zero-order chi connectivity index (χ0) is 26.5. The van der Waals surface area contributed by atoms with Crippen molar-refractivity contribution in [2.24, 2.45) is 10.8 Å². The van der Waals surface area contributed by atoms with Gasteiger partial charge in [0.25, 0.3) is 0 Å². The summed E-state index contributed by atoms with van der Waals surface area (Å²) in [6, 6.07) is 15.4. The highest BCUT2D eigenvalue weighted by molar-refractivity contribution is 6.74. The third kappa shape index (κ3) is 5.13. The normalized spacial score (nSPS) is 21.6. The highest BCUT2D eigenvalue weighted by Gasteiger charge is 2.51. The van der Waals surface area contributed by atoms with Crippen LogP contribution in [0.5, 0.6) is 0 Å². The molecular weight excluding hydrogens is 446 g/mol. The smallest absolute Gasteiger partial charge is 0.399 e. The Morgan fingerprint density at radius 1 is 0.639 bits per heavy atom. The number of ketones is 2. The topological polar surface area (TPSA) is 52.6 Å². The molecule has 4 rings (SSSR count). The van der Waals surface area contributed by atoms with E-state index < -0.39 is 18.3 Å². The zero-order valence-corrected chi connectivity index (χ0v) is 23.2. The molecule has 2 aliphatic rings. The maximum Gasteiger partial charge on any atom is 0.494 e. The highest BCUT2D eigenvalue weighted by Crippen LogP contribution is 2.52. The first-order chi connectivity index (χ1) is 16.6. The van der Waals surface area contributed by atoms with Crippen LogP contribution in [-0.4, -0.2) is 36.6 Å². The Kier molecular flexibility index (Phi) is 6.94. The van der Waals surface area contributed by atoms with E-state index in [-0.39, 0.29) is 24.4 Å². The van der Waals surface area contributed by atoms with E-state index in [1.165, 1.54) is 5.46 Å². The van der Waals surface area contributed by atoms with Gasteiger partial charge in [-0.05, 0) is 44.0 Å². The van der Waals surface area contributed by atoms with Crippen LogP contribution in [0, 0.1) is 10.8 Å². The first kappa shape index (κ1) is 26.9. The molecule has 0 amide bonds. The molecule has 6 heteroatoms. The largest absolute Gasteiger partial charge is 0.494 e. The molecule has 0 N–H and O–H groups in total. The van der Waals surface area contributed by atoms with Gasteiger partial charge in [0.1, 0.15) is 0 Å². The van der Waals surface area contributed by atoms with Gasteiger partial charge in [-0.2, -0.15) is 0 Å². The summed E-state index contributed by atoms with van der Waals surface area (Å²) < 4.78 is 12.2. The lowest BCUT2D eigenvalue weighted by Gasteiger charge is -2.35. The minimum atomic E-state index is -0.454. The Balaban J connectivity index is 1.32. The Morgan fingerprint density at radius 3 is 1.39 bits per heavy atom. The van der Waals surface area contributed by atoms with E-state index in [9.17, 15) is 9.59 Å². The summed E-state index contributed by atoms with van der Waals surface area (Å²) in [7, 11) is -0.454. The number of carbonyl (C=O) groups is 2. The van der Waals surface area contributed by atoms with Crippen molar-refractivity contribution < 1.29 is 18.9 Å². The number of rotatable bonds is 7. The van der Waals surface area contributed by atoms with E-state index in [0.717, 1.165) is 18.1 Å². The van der Waals surface area contributed by atoms with Crippen LogP contribution in [0.25, 0.3) is 0 Å². The number of carbonyl (C=O) groups excluding carboxylic acids is 2. The van der Waals surface area contributed by atoms with Crippen molar-refractivity contribution in [3.05, 3.63) is 59.7 Å². The van der Waals surface area contributed by atoms with Gasteiger partial charge in [0.05, 0.1) is 11.2 Å². The van der Waals surface area contributed by atoms with Gasteiger partial charge in [0.2, 0.25) is 0 Å². The molecule has 0 aliphatic carbocycles. The number of hydrogen-bond donors (Lipinski definition) is 0. The van der Waals surface area contributed by atoms with Crippen LogP contribution < -0.4 is 10.9 Å². The highest BCUT2D eigenvalue weighted by atomic mass is 16.7. The molecule has 0 saturated carbocycles. The first-order valence-electron chi connectivity index (χ1n) is 13.2. The predicted molar refractivity (Wildman–Crippen MR) is 149 cm³/mol. The summed E-state index contributed by atoms with van der Waals surface area (Å²) in [6.45, 7) is 18.0. The molecule has 190 valence electrons. The van der Waals surface area contributed by atoms with Gasteiger partial charge in [0.15, 0.2) is 18.3 Å². The minimum Gasteiger partial charge on any atom is -0.399 e. The first-order valence-corrected chi connectivity index (χ1v) is 13.2. The van der Waals surface area contributed by atoms with Gasteiger partial charge in [-0.3, -0.25) is 9.59 Å². The molecule has 0 aromatic heterocycles. The molecule has 2 aliphatic heterocycles. The molecule has 0 bridgehead atoms. The Hall–Kier alpha value is -2.17. The molecule has 4 nitrogen and oxygen atoms in total. The van der Waals surface area contributed by atoms with E-state index in [1.807, 2.05) is 52.0 Å². The lowest BCUT2D eigenvalue weighted by Crippen LogP contribution is -2.41. The Morgan fingerprint density at radius 2 is 1.00 bits per heavy atom. The van der Waals surface area contributed by atoms with Gasteiger partial charge in [-0.25, -0.2) is 0 Å². The van der Waals surface area contributed by atoms with Gasteiger partial charge in [-0.1, -0.05) is 94.3 Å². The average Bonchev–Trinajstić information content (AvgIpc) is 3.17. The fourth-order valence-corrected chi connectivity index (χ4v) is 5.35. The molecule has 0 unspecified atom stereocenters. The fourth-order valence-electron chi connectivity index (χ4n) is 5.35. The number of hydrogen-bond acceptors (Lipinski definition) is 4. The minimum absolute atomic E-state index is 0.0100. The average molecular weight is 486 g/mol. The summed E-state index contributed by atoms with van der Waals surface area (Å²) in [6.07, 6.45) is 2.73. The van der Waals surface area contributed by atoms with Gasteiger partial charge >= 0.3 is 7.12 Å². The van der Waals surface area contributed by atoms with Gasteiger partial charge < -0.3 is 9.31 Å². The van der Waals surface area contributed by atoms with E-state index in [4.69, 9.17) is 9.31 Å². The summed E-state index contributed by atoms with van der Waals surface area (Å²) in [5.74, 6) is -0.0216. The lowest BCUT2D eigenvalue weighted by molar-refractivity contribution is 0.00578. The molecule has 2 fully saturated rings. The maximum absolute atomic E-state index is 12.8. The second-order valence-electron chi connectivity index (χ2n) is 13.1. The summed E-state index contributed by atoms with van der Waals surface area (Å²) in [4.78, 5) is 25.5. The Bertz CT molecular complexity index is 1010. The molecule has 2 saturated heterocycles. The lowest BCUT2D eigenvalue weighted by atomic mass is 9.42. The van der Waals surface area contributed by atoms with Crippen LogP contribution in [0.3, 0.4) is 0 Å². The van der Waals surface area contributed by atoms with Gasteiger partial charge in [0, 0.05) is 24.0 Å². The monoisotopic (exact) mass is 486 g/mol. The SMILES string of the molecule is CC1(C)CB(c2ccc(C(=O)CCC(=O)c3ccc(B4OC(C)(C)C(C)(C)O4)cc3)cc2)CC1(C)C. The molecular formula is C30H40B2O4.